The third-order valence-corrected chi connectivity index (χ3v) is 6.98. The Morgan fingerprint density at radius 3 is 1.92 bits per heavy atom. The number of hydrogen-bond donors (Lipinski definition) is 0. The molecule has 14 nitrogen and oxygen atoms in total. The number of aliphatic imine (C=N–C) groups is 1. The van der Waals surface area contributed by atoms with Crippen molar-refractivity contribution in [2.45, 2.75) is 106 Å². The summed E-state index contributed by atoms with van der Waals surface area (Å²) in [5.41, 5.74) is -1.55. The second kappa shape index (κ2) is 18.6. The van der Waals surface area contributed by atoms with E-state index in [1.165, 1.54) is 24.3 Å². The number of likely N-dealkylation sites (tertiary alicyclic amines) is 1. The van der Waals surface area contributed by atoms with Gasteiger partial charge in [-0.1, -0.05) is 45.0 Å². The Morgan fingerprint density at radius 1 is 0.840 bits per heavy atom. The van der Waals surface area contributed by atoms with Crippen LogP contribution in [0.1, 0.15) is 104 Å². The lowest BCUT2D eigenvalue weighted by Crippen LogP contribution is -2.46. The molecule has 1 aliphatic rings. The molecule has 0 saturated carbocycles. The number of amides is 4. The van der Waals surface area contributed by atoms with Crippen LogP contribution in [0.3, 0.4) is 0 Å². The van der Waals surface area contributed by atoms with Crippen LogP contribution in [0.15, 0.2) is 29.3 Å². The molecule has 0 aliphatic carbocycles. The van der Waals surface area contributed by atoms with Gasteiger partial charge in [0.05, 0.1) is 19.3 Å². The van der Waals surface area contributed by atoms with Crippen molar-refractivity contribution in [3.05, 3.63) is 35.4 Å². The first-order valence-electron chi connectivity index (χ1n) is 16.9. The van der Waals surface area contributed by atoms with E-state index in [9.17, 15) is 28.8 Å². The zero-order valence-corrected chi connectivity index (χ0v) is 31.0. The molecule has 1 atom stereocenters. The summed E-state index contributed by atoms with van der Waals surface area (Å²) in [5, 5.41) is 0. The molecule has 4 amide bonds. The van der Waals surface area contributed by atoms with Crippen LogP contribution in [0, 0.1) is 11.8 Å². The van der Waals surface area contributed by atoms with Gasteiger partial charge < -0.3 is 28.6 Å². The lowest BCUT2D eigenvalue weighted by molar-refractivity contribution is -0.152. The summed E-state index contributed by atoms with van der Waals surface area (Å²) >= 11 is 0. The molecule has 278 valence electrons. The molecule has 1 fully saturated rings. The third-order valence-electron chi connectivity index (χ3n) is 6.98. The number of nitrogens with zero attached hydrogens (tertiary/aromatic N) is 3. The van der Waals surface area contributed by atoms with Crippen molar-refractivity contribution in [2.24, 2.45) is 16.8 Å². The van der Waals surface area contributed by atoms with Crippen LogP contribution in [0.4, 0.5) is 14.4 Å². The van der Waals surface area contributed by atoms with Crippen molar-refractivity contribution in [3.63, 3.8) is 0 Å². The molecule has 0 radical (unpaired) electrons. The molecular weight excluding hydrogens is 650 g/mol. The van der Waals surface area contributed by atoms with E-state index in [2.05, 4.69) is 4.99 Å². The molecule has 1 aromatic carbocycles. The minimum absolute atomic E-state index is 0.0243. The number of piperidine rings is 1. The summed E-state index contributed by atoms with van der Waals surface area (Å²) in [6, 6.07) is 5.77. The first-order valence-corrected chi connectivity index (χ1v) is 16.9. The Hall–Kier alpha value is -4.33. The van der Waals surface area contributed by atoms with E-state index in [1.54, 1.807) is 60.3 Å². The normalized spacial score (nSPS) is 14.9. The van der Waals surface area contributed by atoms with Crippen LogP contribution >= 0.6 is 0 Å². The van der Waals surface area contributed by atoms with Crippen molar-refractivity contribution < 1.29 is 52.5 Å². The number of esters is 1. The van der Waals surface area contributed by atoms with Crippen molar-refractivity contribution in [1.82, 2.24) is 9.80 Å². The monoisotopic (exact) mass is 703 g/mol. The second-order valence-electron chi connectivity index (χ2n) is 14.4. The van der Waals surface area contributed by atoms with Crippen molar-refractivity contribution in [2.75, 3.05) is 32.9 Å². The Labute approximate surface area is 294 Å². The first kappa shape index (κ1) is 41.8. The molecule has 0 unspecified atom stereocenters. The number of ketones is 1. The number of carbonyl (C=O) groups is 6. The maximum absolute atomic E-state index is 13.4. The van der Waals surface area contributed by atoms with Crippen LogP contribution < -0.4 is 0 Å². The number of imide groups is 1. The van der Waals surface area contributed by atoms with Crippen molar-refractivity contribution in [1.29, 1.82) is 0 Å². The van der Waals surface area contributed by atoms with Crippen LogP contribution in [0.5, 0.6) is 0 Å². The molecule has 0 aromatic heterocycles. The highest BCUT2D eigenvalue weighted by Gasteiger charge is 2.35. The number of benzene rings is 1. The third kappa shape index (κ3) is 14.3. The van der Waals surface area contributed by atoms with Gasteiger partial charge in [-0.25, -0.2) is 19.2 Å². The van der Waals surface area contributed by atoms with E-state index in [0.29, 0.717) is 30.8 Å². The van der Waals surface area contributed by atoms with E-state index >= 15 is 0 Å². The second-order valence-corrected chi connectivity index (χ2v) is 14.4. The minimum atomic E-state index is -1.13. The summed E-state index contributed by atoms with van der Waals surface area (Å²) in [6.45, 7) is 17.8. The zero-order valence-electron chi connectivity index (χ0n) is 31.0. The van der Waals surface area contributed by atoms with Gasteiger partial charge in [0, 0.05) is 36.6 Å². The van der Waals surface area contributed by atoms with Gasteiger partial charge in [0.2, 0.25) is 5.91 Å². The molecule has 50 heavy (non-hydrogen) atoms. The number of carbonyl (C=O) groups excluding carboxylic acids is 6. The molecule has 14 heteroatoms. The van der Waals surface area contributed by atoms with Crippen molar-refractivity contribution >= 4 is 41.8 Å². The fourth-order valence-corrected chi connectivity index (χ4v) is 4.70. The highest BCUT2D eigenvalue weighted by molar-refractivity contribution is 6.18. The Balaban J connectivity index is 2.26. The van der Waals surface area contributed by atoms with Crippen molar-refractivity contribution in [3.8, 4) is 0 Å². The smallest absolute Gasteiger partial charge is 0.436 e. The summed E-state index contributed by atoms with van der Waals surface area (Å²) < 4.78 is 26.6. The Kier molecular flexibility index (Phi) is 15.6. The highest BCUT2D eigenvalue weighted by Crippen LogP contribution is 2.21. The lowest BCUT2D eigenvalue weighted by Gasteiger charge is -2.33. The number of ether oxygens (including phenoxy) is 5. The highest BCUT2D eigenvalue weighted by atomic mass is 16.6. The van der Waals surface area contributed by atoms with Gasteiger partial charge in [-0.2, -0.15) is 9.89 Å². The molecule has 0 N–H and O–H groups in total. The SMILES string of the molecule is CCOC(=O)COC1CCN(C(=O)[C@H](C)CC(=O)c2ccc(C(=NC(=O)OC(C)(C)C)N(C(=O)OCC(C)C)C(=O)OC(C)(C)C)cc2)CC1. The van der Waals surface area contributed by atoms with Gasteiger partial charge in [-0.15, -0.1) is 0 Å². The summed E-state index contributed by atoms with van der Waals surface area (Å²) in [4.78, 5) is 83.8. The van der Waals surface area contributed by atoms with Crippen LogP contribution in [-0.2, 0) is 33.3 Å². The maximum atomic E-state index is 13.4. The molecular formula is C36H53N3O11. The van der Waals surface area contributed by atoms with Gasteiger partial charge in [0.1, 0.15) is 17.8 Å². The largest absolute Gasteiger partial charge is 0.464 e. The Morgan fingerprint density at radius 2 is 1.40 bits per heavy atom. The van der Waals surface area contributed by atoms with E-state index in [0.717, 1.165) is 0 Å². The Bertz CT molecular complexity index is 1380. The molecule has 0 spiro atoms. The molecule has 0 bridgehead atoms. The number of amidine groups is 1. The molecule has 1 aromatic rings. The summed E-state index contributed by atoms with van der Waals surface area (Å²) in [5.74, 6) is -1.99. The van der Waals surface area contributed by atoms with Gasteiger partial charge in [0.15, 0.2) is 11.6 Å². The molecule has 1 heterocycles. The van der Waals surface area contributed by atoms with E-state index in [4.69, 9.17) is 23.7 Å². The average Bonchev–Trinajstić information content (AvgIpc) is 3.00. The summed E-state index contributed by atoms with van der Waals surface area (Å²) in [7, 11) is 0. The van der Waals surface area contributed by atoms with Crippen LogP contribution in [-0.4, -0.2) is 102 Å². The number of hydrogen-bond acceptors (Lipinski definition) is 11. The fraction of sp³-hybridized carbons (Fsp3) is 0.639. The van der Waals surface area contributed by atoms with Gasteiger partial charge in [-0.05, 0) is 67.2 Å². The minimum Gasteiger partial charge on any atom is -0.464 e. The van der Waals surface area contributed by atoms with Gasteiger partial charge in [-0.3, -0.25) is 9.59 Å². The van der Waals surface area contributed by atoms with E-state index in [-0.39, 0.29) is 61.1 Å². The van der Waals surface area contributed by atoms with Gasteiger partial charge in [0.25, 0.3) is 0 Å². The topological polar surface area (TPSA) is 167 Å². The maximum Gasteiger partial charge on any atom is 0.436 e. The number of Topliss-reactive ketones (excluding diaryl/α,β-unsaturated/α-hetero) is 1. The summed E-state index contributed by atoms with van der Waals surface area (Å²) in [6.07, 6.45) is -2.42. The molecule has 2 rings (SSSR count). The standard InChI is InChI=1S/C36H53N3O11/c1-11-46-29(41)22-47-27-16-18-38(19-17-27)31(42)24(4)20-28(40)25-12-14-26(15-13-25)30(37-32(43)49-35(5,6)7)39(33(44)48-21-23(2)3)34(45)50-36(8,9)10/h12-15,23-24,27H,11,16-22H2,1-10H3/t24-/m1/s1. The van der Waals surface area contributed by atoms with Crippen LogP contribution in [0.25, 0.3) is 0 Å². The lowest BCUT2D eigenvalue weighted by atomic mass is 9.96. The van der Waals surface area contributed by atoms with Gasteiger partial charge >= 0.3 is 24.2 Å². The molecule has 1 aliphatic heterocycles. The fourth-order valence-electron chi connectivity index (χ4n) is 4.70. The molecule has 1 saturated heterocycles. The van der Waals surface area contributed by atoms with Crippen LogP contribution in [0.2, 0.25) is 0 Å². The number of rotatable bonds is 11. The predicted molar refractivity (Wildman–Crippen MR) is 184 cm³/mol. The first-order chi connectivity index (χ1) is 23.2. The van der Waals surface area contributed by atoms with E-state index in [1.807, 2.05) is 13.8 Å². The predicted octanol–water partition coefficient (Wildman–Crippen LogP) is 6.18. The van der Waals surface area contributed by atoms with E-state index < -0.39 is 47.2 Å². The average molecular weight is 704 g/mol. The quantitative estimate of drug-likeness (QED) is 0.0849. The zero-order chi connectivity index (χ0) is 37.8.